The average molecular weight is 367 g/mol. The summed E-state index contributed by atoms with van der Waals surface area (Å²) in [7, 11) is 0. The second-order valence-electron chi connectivity index (χ2n) is 7.58. The smallest absolute Gasteiger partial charge is 0.222 e. The van der Waals surface area contributed by atoms with Crippen molar-refractivity contribution < 1.29 is 4.79 Å². The van der Waals surface area contributed by atoms with Crippen molar-refractivity contribution in [1.29, 1.82) is 0 Å². The highest BCUT2D eigenvalue weighted by molar-refractivity contribution is 6.42. The molecule has 0 aromatic heterocycles. The summed E-state index contributed by atoms with van der Waals surface area (Å²) in [5.74, 6) is 1.74. The van der Waals surface area contributed by atoms with Crippen LogP contribution in [-0.4, -0.2) is 29.4 Å². The average Bonchev–Trinajstić information content (AvgIpc) is 2.92. The number of halogens is 2. The maximum atomic E-state index is 12.3. The monoisotopic (exact) mass is 366 g/mol. The van der Waals surface area contributed by atoms with E-state index in [1.165, 1.54) is 31.2 Å². The van der Waals surface area contributed by atoms with Crippen LogP contribution in [0.15, 0.2) is 18.2 Å². The molecule has 5 heteroatoms. The van der Waals surface area contributed by atoms with Crippen LogP contribution >= 0.6 is 23.2 Å². The summed E-state index contributed by atoms with van der Waals surface area (Å²) in [6.07, 6.45) is 6.56. The molecule has 1 amide bonds. The number of hydrogen-bond acceptors (Lipinski definition) is 2. The fourth-order valence-corrected chi connectivity index (χ4v) is 5.38. The third kappa shape index (κ3) is 3.18. The van der Waals surface area contributed by atoms with Crippen molar-refractivity contribution in [3.05, 3.63) is 33.8 Å². The Kier molecular flexibility index (Phi) is 4.77. The van der Waals surface area contributed by atoms with Gasteiger partial charge < -0.3 is 10.2 Å². The first kappa shape index (κ1) is 16.7. The van der Waals surface area contributed by atoms with E-state index < -0.39 is 0 Å². The van der Waals surface area contributed by atoms with E-state index in [0.29, 0.717) is 39.9 Å². The zero-order valence-corrected chi connectivity index (χ0v) is 15.3. The van der Waals surface area contributed by atoms with Gasteiger partial charge in [0.25, 0.3) is 0 Å². The van der Waals surface area contributed by atoms with Gasteiger partial charge in [-0.2, -0.15) is 0 Å². The number of carbonyl (C=O) groups is 1. The first-order chi connectivity index (χ1) is 11.6. The Morgan fingerprint density at radius 1 is 1.12 bits per heavy atom. The SMILES string of the molecule is O=C1CCC[C@@H]2C[C@H](NCc3ccc(Cl)c(Cl)c3)C[C@@H]3CCN1[C@H]23. The fraction of sp³-hybridized carbons (Fsp3) is 0.632. The van der Waals surface area contributed by atoms with E-state index in [2.05, 4.69) is 10.2 Å². The Bertz CT molecular complexity index is 636. The van der Waals surface area contributed by atoms with E-state index in [-0.39, 0.29) is 0 Å². The molecule has 1 aromatic rings. The zero-order chi connectivity index (χ0) is 16.7. The van der Waals surface area contributed by atoms with Gasteiger partial charge in [-0.15, -0.1) is 0 Å². The van der Waals surface area contributed by atoms with Crippen molar-refractivity contribution in [3.63, 3.8) is 0 Å². The molecule has 1 aromatic carbocycles. The Morgan fingerprint density at radius 3 is 2.71 bits per heavy atom. The topological polar surface area (TPSA) is 32.3 Å². The van der Waals surface area contributed by atoms with E-state index in [1.54, 1.807) is 0 Å². The normalized spacial score (nSPS) is 32.6. The molecule has 0 spiro atoms. The first-order valence-corrected chi connectivity index (χ1v) is 9.84. The second-order valence-corrected chi connectivity index (χ2v) is 8.39. The van der Waals surface area contributed by atoms with Gasteiger partial charge in [0.2, 0.25) is 5.91 Å². The summed E-state index contributed by atoms with van der Waals surface area (Å²) in [6, 6.07) is 6.91. The van der Waals surface area contributed by atoms with E-state index in [0.717, 1.165) is 25.9 Å². The van der Waals surface area contributed by atoms with Crippen molar-refractivity contribution in [2.75, 3.05) is 6.54 Å². The predicted octanol–water partition coefficient (Wildman–Crippen LogP) is 4.26. The largest absolute Gasteiger partial charge is 0.339 e. The summed E-state index contributed by atoms with van der Waals surface area (Å²) in [4.78, 5) is 14.5. The minimum atomic E-state index is 0.396. The van der Waals surface area contributed by atoms with Crippen molar-refractivity contribution in [2.45, 2.75) is 57.2 Å². The van der Waals surface area contributed by atoms with E-state index in [9.17, 15) is 4.79 Å². The van der Waals surface area contributed by atoms with Gasteiger partial charge in [-0.3, -0.25) is 4.79 Å². The summed E-state index contributed by atoms with van der Waals surface area (Å²) >= 11 is 12.1. The highest BCUT2D eigenvalue weighted by Gasteiger charge is 2.46. The molecule has 130 valence electrons. The van der Waals surface area contributed by atoms with Gasteiger partial charge in [-0.05, 0) is 61.6 Å². The van der Waals surface area contributed by atoms with Crippen LogP contribution in [0.3, 0.4) is 0 Å². The molecular formula is C19H24Cl2N2O. The third-order valence-electron chi connectivity index (χ3n) is 6.11. The van der Waals surface area contributed by atoms with Crippen LogP contribution in [0.1, 0.15) is 44.1 Å². The number of nitrogens with zero attached hydrogens (tertiary/aromatic N) is 1. The maximum Gasteiger partial charge on any atom is 0.222 e. The van der Waals surface area contributed by atoms with Crippen molar-refractivity contribution >= 4 is 29.1 Å². The molecule has 0 bridgehead atoms. The third-order valence-corrected chi connectivity index (χ3v) is 6.84. The Hall–Kier alpha value is -0.770. The van der Waals surface area contributed by atoms with Gasteiger partial charge >= 0.3 is 0 Å². The van der Waals surface area contributed by atoms with E-state index in [1.807, 2.05) is 18.2 Å². The van der Waals surface area contributed by atoms with E-state index >= 15 is 0 Å². The quantitative estimate of drug-likeness (QED) is 0.866. The summed E-state index contributed by atoms with van der Waals surface area (Å²) < 4.78 is 0. The van der Waals surface area contributed by atoms with Gasteiger partial charge in [-0.1, -0.05) is 29.3 Å². The highest BCUT2D eigenvalue weighted by atomic mass is 35.5. The lowest BCUT2D eigenvalue weighted by atomic mass is 9.73. The van der Waals surface area contributed by atoms with Crippen LogP contribution in [0.5, 0.6) is 0 Å². The number of benzene rings is 1. The number of hydrogen-bond donors (Lipinski definition) is 1. The highest BCUT2D eigenvalue weighted by Crippen LogP contribution is 2.43. The minimum absolute atomic E-state index is 0.396. The lowest BCUT2D eigenvalue weighted by Crippen LogP contribution is -2.48. The lowest BCUT2D eigenvalue weighted by Gasteiger charge is -2.41. The van der Waals surface area contributed by atoms with Gasteiger partial charge in [0, 0.05) is 31.6 Å². The first-order valence-electron chi connectivity index (χ1n) is 9.08. The molecule has 2 heterocycles. The van der Waals surface area contributed by atoms with Gasteiger partial charge in [0.05, 0.1) is 10.0 Å². The molecule has 3 aliphatic rings. The molecule has 1 N–H and O–H groups in total. The van der Waals surface area contributed by atoms with Gasteiger partial charge in [-0.25, -0.2) is 0 Å². The fourth-order valence-electron chi connectivity index (χ4n) is 5.06. The molecule has 2 saturated heterocycles. The van der Waals surface area contributed by atoms with Crippen LogP contribution in [-0.2, 0) is 11.3 Å². The Balaban J connectivity index is 1.41. The van der Waals surface area contributed by atoms with E-state index in [4.69, 9.17) is 23.2 Å². The van der Waals surface area contributed by atoms with Crippen molar-refractivity contribution in [1.82, 2.24) is 10.2 Å². The number of amides is 1. The molecule has 24 heavy (non-hydrogen) atoms. The zero-order valence-electron chi connectivity index (χ0n) is 13.8. The second kappa shape index (κ2) is 6.86. The molecule has 4 rings (SSSR count). The summed E-state index contributed by atoms with van der Waals surface area (Å²) in [6.45, 7) is 1.80. The maximum absolute atomic E-state index is 12.3. The molecule has 1 aliphatic carbocycles. The lowest BCUT2D eigenvalue weighted by molar-refractivity contribution is -0.132. The Morgan fingerprint density at radius 2 is 1.92 bits per heavy atom. The molecular weight excluding hydrogens is 343 g/mol. The van der Waals surface area contributed by atoms with Gasteiger partial charge in [0.15, 0.2) is 0 Å². The molecule has 3 fully saturated rings. The molecule has 1 saturated carbocycles. The predicted molar refractivity (Wildman–Crippen MR) is 97.3 cm³/mol. The summed E-state index contributed by atoms with van der Waals surface area (Å²) in [5.41, 5.74) is 1.18. The number of rotatable bonds is 3. The molecule has 3 nitrogen and oxygen atoms in total. The van der Waals surface area contributed by atoms with Crippen molar-refractivity contribution in [2.24, 2.45) is 11.8 Å². The van der Waals surface area contributed by atoms with Crippen molar-refractivity contribution in [3.8, 4) is 0 Å². The minimum Gasteiger partial charge on any atom is -0.339 e. The Labute approximate surface area is 153 Å². The molecule has 0 radical (unpaired) electrons. The van der Waals surface area contributed by atoms with Gasteiger partial charge in [0.1, 0.15) is 0 Å². The van der Waals surface area contributed by atoms with Crippen LogP contribution < -0.4 is 5.32 Å². The number of carbonyl (C=O) groups excluding carboxylic acids is 1. The van der Waals surface area contributed by atoms with Crippen LogP contribution in [0, 0.1) is 11.8 Å². The molecule has 0 unspecified atom stereocenters. The van der Waals surface area contributed by atoms with Crippen LogP contribution in [0.25, 0.3) is 0 Å². The molecule has 4 atom stereocenters. The number of nitrogens with one attached hydrogen (secondary N) is 1. The standard InChI is InChI=1S/C19H24Cl2N2O/c20-16-5-4-12(8-17(16)21)11-22-15-9-13-2-1-3-18(24)23-7-6-14(10-15)19(13)23/h4-5,8,13-15,19,22H,1-3,6-7,9-11H2/t13-,14+,15+,19-/m1/s1. The van der Waals surface area contributed by atoms with Crippen LogP contribution in [0.2, 0.25) is 10.0 Å². The summed E-state index contributed by atoms with van der Waals surface area (Å²) in [5, 5.41) is 4.95. The molecule has 2 aliphatic heterocycles. The van der Waals surface area contributed by atoms with Crippen LogP contribution in [0.4, 0.5) is 0 Å².